The molecule has 0 amide bonds. The van der Waals surface area contributed by atoms with E-state index in [-0.39, 0.29) is 17.7 Å². The summed E-state index contributed by atoms with van der Waals surface area (Å²) in [5, 5.41) is 0. The molecule has 0 aromatic carbocycles. The van der Waals surface area contributed by atoms with Crippen LogP contribution in [0.3, 0.4) is 0 Å². The van der Waals surface area contributed by atoms with Crippen molar-refractivity contribution in [1.82, 2.24) is 0 Å². The van der Waals surface area contributed by atoms with Crippen molar-refractivity contribution >= 4 is 11.8 Å². The standard InChI is InChI=1S/C15H18O3/c1-18-14(17)15-7-6-13(16)12(15)8-10-4-2-3-5-11(10)9-15/h6-7,12H,2-5,8-9H2,1H3/t12-,15+/m1/s1. The van der Waals surface area contributed by atoms with Gasteiger partial charge in [-0.1, -0.05) is 17.2 Å². The molecule has 0 saturated heterocycles. The molecule has 0 N–H and O–H groups in total. The average molecular weight is 246 g/mol. The van der Waals surface area contributed by atoms with Gasteiger partial charge >= 0.3 is 5.97 Å². The molecule has 18 heavy (non-hydrogen) atoms. The number of ether oxygens (including phenoxy) is 1. The van der Waals surface area contributed by atoms with Gasteiger partial charge in [0.25, 0.3) is 0 Å². The van der Waals surface area contributed by atoms with E-state index in [9.17, 15) is 9.59 Å². The largest absolute Gasteiger partial charge is 0.468 e. The molecule has 0 aromatic rings. The second-order valence-corrected chi connectivity index (χ2v) is 5.62. The zero-order valence-corrected chi connectivity index (χ0v) is 10.7. The van der Waals surface area contributed by atoms with Gasteiger partial charge in [-0.05, 0) is 44.6 Å². The van der Waals surface area contributed by atoms with Crippen molar-refractivity contribution in [3.05, 3.63) is 23.3 Å². The zero-order valence-electron chi connectivity index (χ0n) is 10.7. The van der Waals surface area contributed by atoms with Crippen molar-refractivity contribution < 1.29 is 14.3 Å². The molecule has 3 nitrogen and oxygen atoms in total. The van der Waals surface area contributed by atoms with Gasteiger partial charge in [-0.2, -0.15) is 0 Å². The highest BCUT2D eigenvalue weighted by Crippen LogP contribution is 2.52. The van der Waals surface area contributed by atoms with Crippen molar-refractivity contribution in [3.8, 4) is 0 Å². The first kappa shape index (κ1) is 11.7. The highest BCUT2D eigenvalue weighted by atomic mass is 16.5. The van der Waals surface area contributed by atoms with Gasteiger partial charge in [-0.15, -0.1) is 0 Å². The Bertz CT molecular complexity index is 472. The van der Waals surface area contributed by atoms with E-state index in [1.165, 1.54) is 31.1 Å². The lowest BCUT2D eigenvalue weighted by Crippen LogP contribution is -2.41. The molecule has 0 saturated carbocycles. The Labute approximate surface area is 107 Å². The molecule has 3 aliphatic rings. The first-order valence-corrected chi connectivity index (χ1v) is 6.68. The summed E-state index contributed by atoms with van der Waals surface area (Å²) in [4.78, 5) is 24.1. The summed E-state index contributed by atoms with van der Waals surface area (Å²) in [6.45, 7) is 0. The van der Waals surface area contributed by atoms with Gasteiger partial charge in [0, 0.05) is 5.92 Å². The number of methoxy groups -OCH3 is 1. The average Bonchev–Trinajstić information content (AvgIpc) is 2.74. The maximum Gasteiger partial charge on any atom is 0.316 e. The molecule has 0 unspecified atom stereocenters. The summed E-state index contributed by atoms with van der Waals surface area (Å²) in [5.74, 6) is -0.356. The van der Waals surface area contributed by atoms with E-state index in [4.69, 9.17) is 4.74 Å². The highest BCUT2D eigenvalue weighted by Gasteiger charge is 2.53. The van der Waals surface area contributed by atoms with Crippen LogP contribution < -0.4 is 0 Å². The van der Waals surface area contributed by atoms with Crippen molar-refractivity contribution in [2.75, 3.05) is 7.11 Å². The van der Waals surface area contributed by atoms with E-state index in [0.29, 0.717) is 6.42 Å². The third-order valence-electron chi connectivity index (χ3n) is 4.74. The molecule has 0 aromatic heterocycles. The fourth-order valence-corrected chi connectivity index (χ4v) is 3.74. The Hall–Kier alpha value is -1.38. The molecule has 2 atom stereocenters. The molecule has 0 spiro atoms. The minimum absolute atomic E-state index is 0.0949. The highest BCUT2D eigenvalue weighted by molar-refractivity contribution is 6.02. The molecule has 3 heteroatoms. The third-order valence-corrected chi connectivity index (χ3v) is 4.74. The van der Waals surface area contributed by atoms with Crippen LogP contribution >= 0.6 is 0 Å². The maximum absolute atomic E-state index is 12.1. The number of fused-ring (bicyclic) bond motifs is 1. The van der Waals surface area contributed by atoms with Gasteiger partial charge in [0.15, 0.2) is 5.78 Å². The van der Waals surface area contributed by atoms with Crippen LogP contribution in [0.4, 0.5) is 0 Å². The smallest absolute Gasteiger partial charge is 0.316 e. The number of allylic oxidation sites excluding steroid dienone is 3. The molecule has 3 aliphatic carbocycles. The Morgan fingerprint density at radius 2 is 2.06 bits per heavy atom. The third kappa shape index (κ3) is 1.49. The van der Waals surface area contributed by atoms with Crippen molar-refractivity contribution in [2.45, 2.75) is 38.5 Å². The second-order valence-electron chi connectivity index (χ2n) is 5.62. The molecular formula is C15H18O3. The molecule has 0 fully saturated rings. The summed E-state index contributed by atoms with van der Waals surface area (Å²) >= 11 is 0. The predicted molar refractivity (Wildman–Crippen MR) is 66.8 cm³/mol. The summed E-state index contributed by atoms with van der Waals surface area (Å²) in [5.41, 5.74) is 2.15. The Kier molecular flexibility index (Phi) is 2.65. The molecule has 3 rings (SSSR count). The maximum atomic E-state index is 12.1. The number of ketones is 1. The normalized spacial score (nSPS) is 34.3. The lowest BCUT2D eigenvalue weighted by atomic mass is 9.63. The lowest BCUT2D eigenvalue weighted by Gasteiger charge is -2.39. The van der Waals surface area contributed by atoms with Gasteiger partial charge < -0.3 is 4.74 Å². The van der Waals surface area contributed by atoms with E-state index in [0.717, 1.165) is 19.3 Å². The van der Waals surface area contributed by atoms with E-state index in [2.05, 4.69) is 0 Å². The summed E-state index contributed by atoms with van der Waals surface area (Å²) in [7, 11) is 1.41. The number of carbonyl (C=O) groups is 2. The molecular weight excluding hydrogens is 228 g/mol. The summed E-state index contributed by atoms with van der Waals surface area (Å²) in [6, 6.07) is 0. The fourth-order valence-electron chi connectivity index (χ4n) is 3.74. The van der Waals surface area contributed by atoms with E-state index >= 15 is 0 Å². The van der Waals surface area contributed by atoms with E-state index < -0.39 is 5.41 Å². The van der Waals surface area contributed by atoms with Crippen molar-refractivity contribution in [2.24, 2.45) is 11.3 Å². The van der Waals surface area contributed by atoms with Gasteiger partial charge in [0.2, 0.25) is 0 Å². The summed E-state index contributed by atoms with van der Waals surface area (Å²) < 4.78 is 4.96. The summed E-state index contributed by atoms with van der Waals surface area (Å²) in [6.07, 6.45) is 9.46. The molecule has 0 radical (unpaired) electrons. The quantitative estimate of drug-likeness (QED) is 0.527. The van der Waals surface area contributed by atoms with Crippen LogP contribution in [0.2, 0.25) is 0 Å². The number of esters is 1. The number of carbonyl (C=O) groups excluding carboxylic acids is 2. The van der Waals surface area contributed by atoms with Crippen LogP contribution in [0.15, 0.2) is 23.3 Å². The Morgan fingerprint density at radius 3 is 2.78 bits per heavy atom. The van der Waals surface area contributed by atoms with Crippen molar-refractivity contribution in [1.29, 1.82) is 0 Å². The van der Waals surface area contributed by atoms with Crippen LogP contribution in [0.25, 0.3) is 0 Å². The number of hydrogen-bond acceptors (Lipinski definition) is 3. The first-order valence-electron chi connectivity index (χ1n) is 6.68. The van der Waals surface area contributed by atoms with Crippen LogP contribution in [-0.4, -0.2) is 18.9 Å². The molecule has 0 heterocycles. The van der Waals surface area contributed by atoms with Crippen LogP contribution in [0, 0.1) is 11.3 Å². The Morgan fingerprint density at radius 1 is 1.33 bits per heavy atom. The minimum Gasteiger partial charge on any atom is -0.468 e. The van der Waals surface area contributed by atoms with Crippen LogP contribution in [0.1, 0.15) is 38.5 Å². The van der Waals surface area contributed by atoms with Gasteiger partial charge in [-0.3, -0.25) is 9.59 Å². The minimum atomic E-state index is -0.692. The number of hydrogen-bond donors (Lipinski definition) is 0. The van der Waals surface area contributed by atoms with Gasteiger partial charge in [0.05, 0.1) is 7.11 Å². The molecule has 0 aliphatic heterocycles. The number of rotatable bonds is 1. The molecule has 96 valence electrons. The topological polar surface area (TPSA) is 43.4 Å². The predicted octanol–water partition coefficient (Wildman–Crippen LogP) is 2.57. The van der Waals surface area contributed by atoms with E-state index in [1.807, 2.05) is 0 Å². The van der Waals surface area contributed by atoms with Gasteiger partial charge in [0.1, 0.15) is 5.41 Å². The lowest BCUT2D eigenvalue weighted by molar-refractivity contribution is -0.154. The zero-order chi connectivity index (χ0) is 12.8. The fraction of sp³-hybridized carbons (Fsp3) is 0.600. The van der Waals surface area contributed by atoms with Crippen LogP contribution in [0.5, 0.6) is 0 Å². The monoisotopic (exact) mass is 246 g/mol. The van der Waals surface area contributed by atoms with Gasteiger partial charge in [-0.25, -0.2) is 0 Å². The van der Waals surface area contributed by atoms with Crippen molar-refractivity contribution in [3.63, 3.8) is 0 Å². The van der Waals surface area contributed by atoms with E-state index in [1.54, 1.807) is 12.2 Å². The Balaban J connectivity index is 2.01. The first-order chi connectivity index (χ1) is 8.67. The SMILES string of the molecule is COC(=O)[C@]12C=CC(=O)[C@H]1CC1=C(CCCC1)C2. The second kappa shape index (κ2) is 4.08. The van der Waals surface area contributed by atoms with Crippen LogP contribution in [-0.2, 0) is 14.3 Å². The molecule has 0 bridgehead atoms.